The van der Waals surface area contributed by atoms with E-state index >= 15 is 0 Å². The summed E-state index contributed by atoms with van der Waals surface area (Å²) < 4.78 is 1.75. The lowest BCUT2D eigenvalue weighted by Crippen LogP contribution is -2.50. The number of hydrogen-bond donors (Lipinski definition) is 0. The molecule has 1 atom stereocenters. The molecule has 0 bridgehead atoms. The van der Waals surface area contributed by atoms with Crippen LogP contribution >= 0.6 is 0 Å². The highest BCUT2D eigenvalue weighted by Gasteiger charge is 2.49. The zero-order valence-electron chi connectivity index (χ0n) is 14.8. The van der Waals surface area contributed by atoms with Gasteiger partial charge >= 0.3 is 0 Å². The fourth-order valence-corrected chi connectivity index (χ4v) is 4.30. The molecule has 0 N–H and O–H groups in total. The number of nitrogens with zero attached hydrogens (tertiary/aromatic N) is 5. The molecular formula is C18H27N5O2. The Morgan fingerprint density at radius 2 is 2.16 bits per heavy atom. The lowest BCUT2D eigenvalue weighted by molar-refractivity contribution is -0.146. The normalized spacial score (nSPS) is 26.6. The first-order valence-corrected chi connectivity index (χ1v) is 9.56. The average Bonchev–Trinajstić information content (AvgIpc) is 3.10. The molecule has 4 rings (SSSR count). The molecule has 2 saturated heterocycles. The van der Waals surface area contributed by atoms with E-state index in [0.29, 0.717) is 25.4 Å². The van der Waals surface area contributed by atoms with Crippen molar-refractivity contribution in [1.29, 1.82) is 0 Å². The van der Waals surface area contributed by atoms with Gasteiger partial charge < -0.3 is 9.80 Å². The molecule has 1 aromatic heterocycles. The van der Waals surface area contributed by atoms with Gasteiger partial charge in [0.15, 0.2) is 0 Å². The lowest BCUT2D eigenvalue weighted by Gasteiger charge is -2.39. The zero-order valence-corrected chi connectivity index (χ0v) is 14.8. The maximum Gasteiger partial charge on any atom is 0.230 e. The predicted octanol–water partition coefficient (Wildman–Crippen LogP) is 1.31. The van der Waals surface area contributed by atoms with E-state index in [1.54, 1.807) is 11.0 Å². The SMILES string of the molecule is O=C(CCCn1cncn1)N1CCC2(CCCN(CC3CC3)C2=O)C1. The number of aromatic nitrogens is 3. The maximum atomic E-state index is 13.0. The Balaban J connectivity index is 1.30. The first-order valence-electron chi connectivity index (χ1n) is 9.56. The van der Waals surface area contributed by atoms with Crippen molar-refractivity contribution >= 4 is 11.8 Å². The van der Waals surface area contributed by atoms with E-state index in [2.05, 4.69) is 15.0 Å². The van der Waals surface area contributed by atoms with Crippen molar-refractivity contribution in [1.82, 2.24) is 24.6 Å². The molecule has 1 aromatic rings. The number of piperidine rings is 1. The van der Waals surface area contributed by atoms with E-state index in [9.17, 15) is 9.59 Å². The quantitative estimate of drug-likeness (QED) is 0.779. The van der Waals surface area contributed by atoms with Crippen LogP contribution in [0.15, 0.2) is 12.7 Å². The summed E-state index contributed by atoms with van der Waals surface area (Å²) in [5.41, 5.74) is -0.297. The minimum atomic E-state index is -0.297. The fourth-order valence-electron chi connectivity index (χ4n) is 4.30. The summed E-state index contributed by atoms with van der Waals surface area (Å²) in [6.45, 7) is 3.90. The molecular weight excluding hydrogens is 318 g/mol. The Morgan fingerprint density at radius 1 is 1.28 bits per heavy atom. The first-order chi connectivity index (χ1) is 12.2. The number of amides is 2. The standard InChI is InChI=1S/C18H27N5O2/c24-16(3-1-9-23-14-19-13-20-23)22-10-7-18(12-22)6-2-8-21(17(18)25)11-15-4-5-15/h13-15H,1-12H2. The number of carbonyl (C=O) groups is 2. The highest BCUT2D eigenvalue weighted by Crippen LogP contribution is 2.41. The van der Waals surface area contributed by atoms with E-state index in [1.165, 1.54) is 19.2 Å². The van der Waals surface area contributed by atoms with Gasteiger partial charge in [-0.2, -0.15) is 5.10 Å². The van der Waals surface area contributed by atoms with Crippen LogP contribution in [0.2, 0.25) is 0 Å². The molecule has 7 nitrogen and oxygen atoms in total. The van der Waals surface area contributed by atoms with Gasteiger partial charge in [-0.1, -0.05) is 0 Å². The van der Waals surface area contributed by atoms with Crippen LogP contribution in [-0.2, 0) is 16.1 Å². The van der Waals surface area contributed by atoms with Gasteiger partial charge in [0.2, 0.25) is 11.8 Å². The lowest BCUT2D eigenvalue weighted by atomic mass is 9.78. The minimum Gasteiger partial charge on any atom is -0.342 e. The van der Waals surface area contributed by atoms with Crippen LogP contribution in [0.4, 0.5) is 0 Å². The summed E-state index contributed by atoms with van der Waals surface area (Å²) in [6, 6.07) is 0. The van der Waals surface area contributed by atoms with Crippen molar-refractivity contribution in [3.8, 4) is 0 Å². The molecule has 3 heterocycles. The molecule has 7 heteroatoms. The second kappa shape index (κ2) is 6.77. The van der Waals surface area contributed by atoms with Crippen LogP contribution in [0.3, 0.4) is 0 Å². The molecule has 1 spiro atoms. The van der Waals surface area contributed by atoms with Gasteiger partial charge in [-0.25, -0.2) is 4.98 Å². The highest BCUT2D eigenvalue weighted by atomic mass is 16.2. The van der Waals surface area contributed by atoms with Crippen molar-refractivity contribution < 1.29 is 9.59 Å². The Bertz CT molecular complexity index is 627. The largest absolute Gasteiger partial charge is 0.342 e. The second-order valence-corrected chi connectivity index (χ2v) is 7.91. The molecule has 1 aliphatic carbocycles. The van der Waals surface area contributed by atoms with Gasteiger partial charge in [0.25, 0.3) is 0 Å². The molecule has 3 fully saturated rings. The highest BCUT2D eigenvalue weighted by molar-refractivity contribution is 5.86. The smallest absolute Gasteiger partial charge is 0.230 e. The Kier molecular flexibility index (Phi) is 4.48. The van der Waals surface area contributed by atoms with Crippen molar-refractivity contribution in [2.45, 2.75) is 51.5 Å². The van der Waals surface area contributed by atoms with Gasteiger partial charge in [-0.05, 0) is 44.4 Å². The van der Waals surface area contributed by atoms with Crippen molar-refractivity contribution in [2.24, 2.45) is 11.3 Å². The van der Waals surface area contributed by atoms with Crippen molar-refractivity contribution in [2.75, 3.05) is 26.2 Å². The summed E-state index contributed by atoms with van der Waals surface area (Å²) >= 11 is 0. The van der Waals surface area contributed by atoms with Crippen LogP contribution in [0.5, 0.6) is 0 Å². The molecule has 0 aromatic carbocycles. The van der Waals surface area contributed by atoms with Crippen LogP contribution in [-0.4, -0.2) is 62.6 Å². The molecule has 1 unspecified atom stereocenters. The van der Waals surface area contributed by atoms with Gasteiger partial charge in [0, 0.05) is 39.1 Å². The summed E-state index contributed by atoms with van der Waals surface area (Å²) in [6.07, 6.45) is 9.84. The number of rotatable bonds is 6. The molecule has 2 aliphatic heterocycles. The zero-order chi connectivity index (χ0) is 17.3. The van der Waals surface area contributed by atoms with Crippen molar-refractivity contribution in [3.63, 3.8) is 0 Å². The van der Waals surface area contributed by atoms with E-state index in [1.807, 2.05) is 4.90 Å². The topological polar surface area (TPSA) is 71.3 Å². The second-order valence-electron chi connectivity index (χ2n) is 7.91. The molecule has 3 aliphatic rings. The molecule has 1 saturated carbocycles. The van der Waals surface area contributed by atoms with Crippen LogP contribution in [0.1, 0.15) is 44.9 Å². The van der Waals surface area contributed by atoms with Crippen molar-refractivity contribution in [3.05, 3.63) is 12.7 Å². The van der Waals surface area contributed by atoms with E-state index in [0.717, 1.165) is 51.2 Å². The third kappa shape index (κ3) is 3.55. The Hall–Kier alpha value is -1.92. The van der Waals surface area contributed by atoms with Crippen LogP contribution in [0, 0.1) is 11.3 Å². The monoisotopic (exact) mass is 345 g/mol. The van der Waals surface area contributed by atoms with Crippen LogP contribution in [0.25, 0.3) is 0 Å². The van der Waals surface area contributed by atoms with Gasteiger partial charge in [-0.15, -0.1) is 0 Å². The average molecular weight is 345 g/mol. The number of carbonyl (C=O) groups excluding carboxylic acids is 2. The van der Waals surface area contributed by atoms with E-state index in [-0.39, 0.29) is 11.3 Å². The third-order valence-corrected chi connectivity index (χ3v) is 5.95. The van der Waals surface area contributed by atoms with E-state index in [4.69, 9.17) is 0 Å². The molecule has 2 amide bonds. The number of likely N-dealkylation sites (tertiary alicyclic amines) is 2. The molecule has 136 valence electrons. The summed E-state index contributed by atoms with van der Waals surface area (Å²) in [7, 11) is 0. The Labute approximate surface area is 148 Å². The Morgan fingerprint density at radius 3 is 2.92 bits per heavy atom. The summed E-state index contributed by atoms with van der Waals surface area (Å²) in [5.74, 6) is 1.21. The fraction of sp³-hybridized carbons (Fsp3) is 0.778. The maximum absolute atomic E-state index is 13.0. The molecule has 0 radical (unpaired) electrons. The summed E-state index contributed by atoms with van der Waals surface area (Å²) in [4.78, 5) is 33.5. The number of aryl methyl sites for hydroxylation is 1. The van der Waals surface area contributed by atoms with Crippen LogP contribution < -0.4 is 0 Å². The van der Waals surface area contributed by atoms with Gasteiger partial charge in [-0.3, -0.25) is 14.3 Å². The first kappa shape index (κ1) is 16.5. The minimum absolute atomic E-state index is 0.170. The predicted molar refractivity (Wildman–Crippen MR) is 91.4 cm³/mol. The van der Waals surface area contributed by atoms with Gasteiger partial charge in [0.05, 0.1) is 5.41 Å². The van der Waals surface area contributed by atoms with E-state index < -0.39 is 0 Å². The molecule has 25 heavy (non-hydrogen) atoms. The number of hydrogen-bond acceptors (Lipinski definition) is 4. The third-order valence-electron chi connectivity index (χ3n) is 5.95. The van der Waals surface area contributed by atoms with Gasteiger partial charge in [0.1, 0.15) is 12.7 Å². The summed E-state index contributed by atoms with van der Waals surface area (Å²) in [5, 5.41) is 4.06.